The summed E-state index contributed by atoms with van der Waals surface area (Å²) in [5, 5.41) is 19.7. The van der Waals surface area contributed by atoms with Crippen molar-refractivity contribution >= 4 is 16.9 Å². The van der Waals surface area contributed by atoms with Crippen molar-refractivity contribution in [1.82, 2.24) is 0 Å². The minimum Gasteiger partial charge on any atom is -0.466 e. The molecule has 0 amide bonds. The fourth-order valence-corrected chi connectivity index (χ4v) is 3.12. The zero-order chi connectivity index (χ0) is 19.4. The number of aliphatic hydroxyl groups is 2. The molecule has 0 bridgehead atoms. The van der Waals surface area contributed by atoms with Crippen molar-refractivity contribution in [3.63, 3.8) is 0 Å². The van der Waals surface area contributed by atoms with Gasteiger partial charge in [0, 0.05) is 10.9 Å². The lowest BCUT2D eigenvalue weighted by molar-refractivity contribution is -0.142. The fourth-order valence-electron chi connectivity index (χ4n) is 3.12. The first-order chi connectivity index (χ1) is 13.1. The summed E-state index contributed by atoms with van der Waals surface area (Å²) in [6.07, 6.45) is -0.216. The van der Waals surface area contributed by atoms with Crippen LogP contribution in [0.2, 0.25) is 0 Å². The number of rotatable bonds is 6. The molecular weight excluding hydrogens is 348 g/mol. The zero-order valence-electron chi connectivity index (χ0n) is 14.9. The van der Waals surface area contributed by atoms with Crippen LogP contribution >= 0.6 is 0 Å². The van der Waals surface area contributed by atoms with E-state index in [0.29, 0.717) is 22.1 Å². The van der Waals surface area contributed by atoms with E-state index in [-0.39, 0.29) is 37.4 Å². The number of hydrogen-bond acceptors (Lipinski definition) is 6. The van der Waals surface area contributed by atoms with Crippen LogP contribution in [0.1, 0.15) is 23.6 Å². The molecule has 0 radical (unpaired) electrons. The van der Waals surface area contributed by atoms with Gasteiger partial charge in [0.15, 0.2) is 0 Å². The maximum Gasteiger partial charge on any atom is 0.340 e. The summed E-state index contributed by atoms with van der Waals surface area (Å²) in [5.74, 6) is -0.518. The van der Waals surface area contributed by atoms with Crippen LogP contribution in [0.25, 0.3) is 22.1 Å². The largest absolute Gasteiger partial charge is 0.466 e. The molecule has 3 rings (SSSR count). The molecule has 0 fully saturated rings. The molecular formula is C21H20O6. The van der Waals surface area contributed by atoms with E-state index in [0.717, 1.165) is 5.56 Å². The van der Waals surface area contributed by atoms with Crippen LogP contribution in [0, 0.1) is 0 Å². The molecule has 2 N–H and O–H groups in total. The molecule has 0 spiro atoms. The highest BCUT2D eigenvalue weighted by molar-refractivity contribution is 5.97. The Morgan fingerprint density at radius 3 is 2.37 bits per heavy atom. The second-order valence-corrected chi connectivity index (χ2v) is 6.02. The highest BCUT2D eigenvalue weighted by Crippen LogP contribution is 2.33. The number of fused-ring (bicyclic) bond motifs is 1. The summed E-state index contributed by atoms with van der Waals surface area (Å²) in [4.78, 5) is 24.7. The number of carbonyl (C=O) groups is 1. The lowest BCUT2D eigenvalue weighted by atomic mass is 9.93. The van der Waals surface area contributed by atoms with E-state index in [2.05, 4.69) is 0 Å². The summed E-state index contributed by atoms with van der Waals surface area (Å²) in [6.45, 7) is 1.35. The van der Waals surface area contributed by atoms with Gasteiger partial charge in [-0.25, -0.2) is 4.79 Å². The summed E-state index contributed by atoms with van der Waals surface area (Å²) >= 11 is 0. The molecule has 3 aromatic rings. The number of ether oxygens (including phenoxy) is 1. The van der Waals surface area contributed by atoms with Gasteiger partial charge >= 0.3 is 11.6 Å². The predicted octanol–water partition coefficient (Wildman–Crippen LogP) is 2.55. The average molecular weight is 368 g/mol. The van der Waals surface area contributed by atoms with E-state index in [9.17, 15) is 19.8 Å². The third kappa shape index (κ3) is 3.77. The summed E-state index contributed by atoms with van der Waals surface area (Å²) in [7, 11) is 0. The number of esters is 1. The van der Waals surface area contributed by atoms with Crippen molar-refractivity contribution in [2.24, 2.45) is 0 Å². The first-order valence-corrected chi connectivity index (χ1v) is 8.63. The van der Waals surface area contributed by atoms with Gasteiger partial charge in [-0.1, -0.05) is 30.3 Å². The lowest BCUT2D eigenvalue weighted by Gasteiger charge is -2.14. The average Bonchev–Trinajstić information content (AvgIpc) is 2.68. The fraction of sp³-hybridized carbons (Fsp3) is 0.238. The Hall–Kier alpha value is -2.96. The molecule has 1 aromatic heterocycles. The molecule has 0 atom stereocenters. The minimum absolute atomic E-state index is 0.202. The van der Waals surface area contributed by atoms with E-state index >= 15 is 0 Å². The van der Waals surface area contributed by atoms with Gasteiger partial charge in [-0.2, -0.15) is 0 Å². The molecule has 6 nitrogen and oxygen atoms in total. The van der Waals surface area contributed by atoms with E-state index in [1.165, 1.54) is 0 Å². The first-order valence-electron chi connectivity index (χ1n) is 8.63. The Kier molecular flexibility index (Phi) is 5.69. The van der Waals surface area contributed by atoms with Crippen molar-refractivity contribution in [1.29, 1.82) is 0 Å². The van der Waals surface area contributed by atoms with Gasteiger partial charge in [-0.3, -0.25) is 4.79 Å². The predicted molar refractivity (Wildman–Crippen MR) is 100 cm³/mol. The van der Waals surface area contributed by atoms with Gasteiger partial charge in [0.05, 0.1) is 31.8 Å². The van der Waals surface area contributed by atoms with Crippen LogP contribution in [-0.2, 0) is 29.2 Å². The van der Waals surface area contributed by atoms with Crippen LogP contribution in [0.15, 0.2) is 51.7 Å². The maximum atomic E-state index is 12.6. The van der Waals surface area contributed by atoms with Crippen LogP contribution < -0.4 is 5.63 Å². The first kappa shape index (κ1) is 18.8. The van der Waals surface area contributed by atoms with E-state index in [1.807, 2.05) is 30.3 Å². The molecule has 2 aromatic carbocycles. The normalized spacial score (nSPS) is 10.9. The Morgan fingerprint density at radius 2 is 1.74 bits per heavy atom. The monoisotopic (exact) mass is 368 g/mol. The maximum absolute atomic E-state index is 12.6. The van der Waals surface area contributed by atoms with Crippen LogP contribution in [-0.4, -0.2) is 22.8 Å². The van der Waals surface area contributed by atoms with Gasteiger partial charge in [-0.15, -0.1) is 0 Å². The van der Waals surface area contributed by atoms with Gasteiger partial charge < -0.3 is 19.4 Å². The van der Waals surface area contributed by atoms with Gasteiger partial charge in [-0.05, 0) is 35.7 Å². The Bertz CT molecular complexity index is 1020. The Morgan fingerprint density at radius 1 is 1.07 bits per heavy atom. The van der Waals surface area contributed by atoms with Gasteiger partial charge in [0.1, 0.15) is 5.58 Å². The number of hydrogen-bond donors (Lipinski definition) is 2. The number of aliphatic hydroxyl groups excluding tert-OH is 2. The van der Waals surface area contributed by atoms with E-state index < -0.39 is 11.6 Å². The van der Waals surface area contributed by atoms with Crippen molar-refractivity contribution in [2.45, 2.75) is 26.6 Å². The van der Waals surface area contributed by atoms with E-state index in [4.69, 9.17) is 9.15 Å². The molecule has 0 aliphatic rings. The summed E-state index contributed by atoms with van der Waals surface area (Å²) < 4.78 is 10.4. The molecule has 140 valence electrons. The Labute approximate surface area is 155 Å². The van der Waals surface area contributed by atoms with Crippen molar-refractivity contribution in [3.05, 3.63) is 69.6 Å². The molecule has 0 unspecified atom stereocenters. The lowest BCUT2D eigenvalue weighted by Crippen LogP contribution is -2.17. The highest BCUT2D eigenvalue weighted by atomic mass is 16.5. The second-order valence-electron chi connectivity index (χ2n) is 6.02. The number of carbonyl (C=O) groups excluding carboxylic acids is 1. The molecule has 27 heavy (non-hydrogen) atoms. The molecule has 0 saturated heterocycles. The summed E-state index contributed by atoms with van der Waals surface area (Å²) in [5.41, 5.74) is 2.17. The SMILES string of the molecule is CCOC(=O)Cc1c(-c2ccccc2)c2cc(CO)c(CO)cc2oc1=O. The molecule has 0 saturated carbocycles. The van der Waals surface area contributed by atoms with Crippen LogP contribution in [0.3, 0.4) is 0 Å². The third-order valence-electron chi connectivity index (χ3n) is 4.35. The number of benzene rings is 2. The molecule has 0 aliphatic carbocycles. The minimum atomic E-state index is -0.630. The second kappa shape index (κ2) is 8.16. The third-order valence-corrected chi connectivity index (χ3v) is 4.35. The topological polar surface area (TPSA) is 97.0 Å². The standard InChI is InChI=1S/C21H20O6/c1-2-26-19(24)10-17-20(13-6-4-3-5-7-13)16-8-14(11-22)15(12-23)9-18(16)27-21(17)25/h3-9,22-23H,2,10-12H2,1H3. The van der Waals surface area contributed by atoms with Crippen molar-refractivity contribution < 1.29 is 24.2 Å². The van der Waals surface area contributed by atoms with E-state index in [1.54, 1.807) is 19.1 Å². The zero-order valence-corrected chi connectivity index (χ0v) is 14.9. The van der Waals surface area contributed by atoms with Crippen LogP contribution in [0.5, 0.6) is 0 Å². The molecule has 0 aliphatic heterocycles. The molecule has 1 heterocycles. The van der Waals surface area contributed by atoms with Crippen molar-refractivity contribution in [3.8, 4) is 11.1 Å². The van der Waals surface area contributed by atoms with Gasteiger partial charge in [0.2, 0.25) is 0 Å². The quantitative estimate of drug-likeness (QED) is 0.513. The van der Waals surface area contributed by atoms with Crippen LogP contribution in [0.4, 0.5) is 0 Å². The Balaban J connectivity index is 2.35. The van der Waals surface area contributed by atoms with Crippen molar-refractivity contribution in [2.75, 3.05) is 6.61 Å². The summed E-state index contributed by atoms with van der Waals surface area (Å²) in [6, 6.07) is 12.4. The smallest absolute Gasteiger partial charge is 0.340 e. The highest BCUT2D eigenvalue weighted by Gasteiger charge is 2.20. The van der Waals surface area contributed by atoms with Gasteiger partial charge in [0.25, 0.3) is 0 Å². The molecule has 6 heteroatoms.